The third kappa shape index (κ3) is 15.3. The van der Waals surface area contributed by atoms with Gasteiger partial charge in [-0.25, -0.2) is 0 Å². The molecule has 0 saturated heterocycles. The number of fused-ring (bicyclic) bond motifs is 3. The fourth-order valence-corrected chi connectivity index (χ4v) is 17.3. The number of hydrogen-bond donors (Lipinski definition) is 3. The van der Waals surface area contributed by atoms with Crippen LogP contribution in [0.4, 0.5) is 17.5 Å². The lowest BCUT2D eigenvalue weighted by molar-refractivity contribution is 0.0984. The highest BCUT2D eigenvalue weighted by atomic mass is 32.2. The first-order valence-electron chi connectivity index (χ1n) is 34.2. The lowest BCUT2D eigenvalue weighted by Crippen LogP contribution is -2.08. The van der Waals surface area contributed by atoms with Gasteiger partial charge in [0.15, 0.2) is 17.3 Å². The van der Waals surface area contributed by atoms with Crippen LogP contribution in [0.5, 0.6) is 0 Å². The molecule has 3 aliphatic rings. The van der Waals surface area contributed by atoms with Crippen molar-refractivity contribution >= 4 is 70.1 Å². The topological polar surface area (TPSA) is 218 Å². The van der Waals surface area contributed by atoms with E-state index >= 15 is 0 Å². The number of aryl methyl sites for hydroxylation is 9. The SMILES string of the molecule is Cc1cc(C(=O)Cc2cccnc2C)ccc1C1SCCNc2c1c(-c1ccccn1)nn2C.Cc1cc(C(=O)Cc2cccnc2C)ccc1[C@@H]1SCCNc2c1c(-c1ccccn1)nn2C.Cc1cc(C(=O)Cc2cccnc2C)ccc1[C@H]1SCCNc2c1c(-c1ccccn1)nn2C. The molecular formula is C81H81N15O3S3. The second-order valence-electron chi connectivity index (χ2n) is 25.6. The zero-order valence-corrected chi connectivity index (χ0v) is 61.2. The van der Waals surface area contributed by atoms with E-state index in [0.29, 0.717) is 19.3 Å². The predicted octanol–water partition coefficient (Wildman–Crippen LogP) is 15.5. The molecule has 9 aromatic heterocycles. The minimum Gasteiger partial charge on any atom is -0.369 e. The molecule has 0 radical (unpaired) electrons. The maximum absolute atomic E-state index is 13.0. The number of rotatable bonds is 15. The number of benzene rings is 3. The van der Waals surface area contributed by atoms with Gasteiger partial charge in [0.25, 0.3) is 0 Å². The number of nitrogens with one attached hydrogen (secondary N) is 3. The molecule has 0 fully saturated rings. The van der Waals surface area contributed by atoms with E-state index < -0.39 is 0 Å². The number of carbonyl (C=O) groups excluding carboxylic acids is 3. The van der Waals surface area contributed by atoms with E-state index in [1.807, 2.05) is 219 Å². The average molecular weight is 1410 g/mol. The van der Waals surface area contributed by atoms with Crippen molar-refractivity contribution in [3.8, 4) is 34.2 Å². The fourth-order valence-electron chi connectivity index (χ4n) is 13.5. The molecule has 18 nitrogen and oxygen atoms in total. The van der Waals surface area contributed by atoms with Crippen molar-refractivity contribution in [2.24, 2.45) is 21.1 Å². The van der Waals surface area contributed by atoms with Crippen LogP contribution in [0, 0.1) is 41.5 Å². The lowest BCUT2D eigenvalue weighted by atomic mass is 9.94. The van der Waals surface area contributed by atoms with E-state index in [0.717, 1.165) is 172 Å². The van der Waals surface area contributed by atoms with Crippen molar-refractivity contribution in [2.75, 3.05) is 52.8 Å². The van der Waals surface area contributed by atoms with Gasteiger partial charge in [-0.3, -0.25) is 58.3 Å². The molecule has 3 atom stereocenters. The van der Waals surface area contributed by atoms with E-state index in [2.05, 4.69) is 84.8 Å². The Balaban J connectivity index is 0.000000137. The van der Waals surface area contributed by atoms with Crippen LogP contribution < -0.4 is 16.0 Å². The quantitative estimate of drug-likeness (QED) is 0.0813. The van der Waals surface area contributed by atoms with E-state index in [9.17, 15) is 14.4 Å². The molecule has 516 valence electrons. The Morgan fingerprint density at radius 2 is 0.657 bits per heavy atom. The largest absolute Gasteiger partial charge is 0.369 e. The third-order valence-corrected chi connectivity index (χ3v) is 22.6. The molecule has 12 aromatic rings. The third-order valence-electron chi connectivity index (χ3n) is 18.8. The highest BCUT2D eigenvalue weighted by Gasteiger charge is 2.34. The Labute approximate surface area is 607 Å². The van der Waals surface area contributed by atoms with Crippen molar-refractivity contribution in [1.29, 1.82) is 0 Å². The van der Waals surface area contributed by atoms with Crippen LogP contribution in [-0.2, 0) is 40.4 Å². The lowest BCUT2D eigenvalue weighted by Gasteiger charge is -2.19. The van der Waals surface area contributed by atoms with E-state index in [1.165, 1.54) is 16.7 Å². The minimum absolute atomic E-state index is 0.0976. The summed E-state index contributed by atoms with van der Waals surface area (Å²) in [6.45, 7) is 14.7. The maximum atomic E-state index is 13.0. The van der Waals surface area contributed by atoms with Crippen molar-refractivity contribution in [3.63, 3.8) is 0 Å². The number of nitrogens with zero attached hydrogens (tertiary/aromatic N) is 12. The molecule has 3 N–H and O–H groups in total. The van der Waals surface area contributed by atoms with E-state index in [1.54, 1.807) is 37.2 Å². The second kappa shape index (κ2) is 31.7. The molecule has 0 amide bonds. The summed E-state index contributed by atoms with van der Waals surface area (Å²) in [5.74, 6) is 6.34. The van der Waals surface area contributed by atoms with Gasteiger partial charge in [-0.15, -0.1) is 35.3 Å². The summed E-state index contributed by atoms with van der Waals surface area (Å²) in [4.78, 5) is 65.8. The van der Waals surface area contributed by atoms with Gasteiger partial charge in [-0.2, -0.15) is 15.3 Å². The number of thioether (sulfide) groups is 3. The van der Waals surface area contributed by atoms with E-state index in [-0.39, 0.29) is 33.1 Å². The molecule has 102 heavy (non-hydrogen) atoms. The first kappa shape index (κ1) is 70.1. The number of pyridine rings is 6. The molecule has 3 aromatic carbocycles. The highest BCUT2D eigenvalue weighted by Crippen LogP contribution is 2.50. The number of Topliss-reactive ketones (excluding diaryl/α,β-unsaturated/α-hetero) is 3. The number of aromatic nitrogens is 12. The number of ketones is 3. The fraction of sp³-hybridized carbons (Fsp3) is 0.259. The summed E-state index contributed by atoms with van der Waals surface area (Å²) < 4.78 is 5.76. The minimum atomic E-state index is 0.0976. The first-order valence-corrected chi connectivity index (χ1v) is 37.4. The zero-order chi connectivity index (χ0) is 71.0. The summed E-state index contributed by atoms with van der Waals surface area (Å²) in [6, 6.07) is 47.6. The Kier molecular flexibility index (Phi) is 21.8. The Morgan fingerprint density at radius 1 is 0.373 bits per heavy atom. The van der Waals surface area contributed by atoms with Crippen LogP contribution in [0.3, 0.4) is 0 Å². The molecular weight excluding hydrogens is 1330 g/mol. The summed E-state index contributed by atoms with van der Waals surface area (Å²) >= 11 is 5.69. The van der Waals surface area contributed by atoms with Crippen LogP contribution in [0.1, 0.15) is 131 Å². The van der Waals surface area contributed by atoms with Crippen molar-refractivity contribution in [1.82, 2.24) is 59.2 Å². The summed E-state index contributed by atoms with van der Waals surface area (Å²) in [5.41, 5.74) is 23.5. The summed E-state index contributed by atoms with van der Waals surface area (Å²) in [5, 5.41) is 25.4. The predicted molar refractivity (Wildman–Crippen MR) is 412 cm³/mol. The molecule has 1 unspecified atom stereocenters. The molecule has 0 aliphatic carbocycles. The van der Waals surface area contributed by atoms with Gasteiger partial charge in [0.05, 0.1) is 32.8 Å². The second-order valence-corrected chi connectivity index (χ2v) is 29.3. The van der Waals surface area contributed by atoms with Crippen LogP contribution in [-0.4, -0.2) is 113 Å². The van der Waals surface area contributed by atoms with Crippen LogP contribution in [0.25, 0.3) is 34.2 Å². The molecule has 0 saturated carbocycles. The van der Waals surface area contributed by atoms with Crippen molar-refractivity contribution in [2.45, 2.75) is 76.6 Å². The van der Waals surface area contributed by atoms with E-state index in [4.69, 9.17) is 15.3 Å². The van der Waals surface area contributed by atoms with Gasteiger partial charge in [-0.05, 0) is 164 Å². The number of hydrogen-bond acceptors (Lipinski definition) is 18. The van der Waals surface area contributed by atoms with Crippen LogP contribution in [0.2, 0.25) is 0 Å². The molecule has 0 bridgehead atoms. The zero-order valence-electron chi connectivity index (χ0n) is 58.7. The van der Waals surface area contributed by atoms with Crippen molar-refractivity contribution < 1.29 is 14.4 Å². The summed E-state index contributed by atoms with van der Waals surface area (Å²) in [7, 11) is 5.92. The first-order chi connectivity index (χ1) is 49.6. The maximum Gasteiger partial charge on any atom is 0.167 e. The molecule has 21 heteroatoms. The Hall–Kier alpha value is -10.4. The van der Waals surface area contributed by atoms with Gasteiger partial charge < -0.3 is 16.0 Å². The molecule has 15 rings (SSSR count). The van der Waals surface area contributed by atoms with Crippen molar-refractivity contribution in [3.05, 3.63) is 283 Å². The highest BCUT2D eigenvalue weighted by molar-refractivity contribution is 8.00. The average Bonchev–Trinajstić information content (AvgIpc) is 1.62. The smallest absolute Gasteiger partial charge is 0.167 e. The van der Waals surface area contributed by atoms with Crippen LogP contribution in [0.15, 0.2) is 183 Å². The molecule has 3 aliphatic heterocycles. The van der Waals surface area contributed by atoms with Gasteiger partial charge in [0, 0.05) is 165 Å². The molecule has 12 heterocycles. The van der Waals surface area contributed by atoms with Gasteiger partial charge in [0.2, 0.25) is 0 Å². The van der Waals surface area contributed by atoms with Gasteiger partial charge in [0.1, 0.15) is 34.5 Å². The monoisotopic (exact) mass is 1410 g/mol. The number of anilines is 3. The molecule has 0 spiro atoms. The summed E-state index contributed by atoms with van der Waals surface area (Å²) in [6.07, 6.45) is 11.8. The normalized spacial score (nSPS) is 15.3. The van der Waals surface area contributed by atoms with Crippen LogP contribution >= 0.6 is 35.3 Å². The Bertz CT molecular complexity index is 4540. The standard InChI is InChI=1S/3C27H27N5OS/c3*1-17-15-20(23(33)16-19-7-6-12-28-18(19)2)9-10-21(17)26-24-25(22-8-4-5-11-29-22)31-32(3)27(24)30-13-14-34-26/h3*4-12,15,26,30H,13-14,16H2,1-3H3/t2*26-;/m10./s1. The number of carbonyl (C=O) groups is 3. The Morgan fingerprint density at radius 3 is 0.912 bits per heavy atom. The van der Waals surface area contributed by atoms with Gasteiger partial charge in [-0.1, -0.05) is 72.8 Å². The van der Waals surface area contributed by atoms with Gasteiger partial charge >= 0.3 is 0 Å².